The van der Waals surface area contributed by atoms with E-state index in [1.165, 1.54) is 6.33 Å². The van der Waals surface area contributed by atoms with Crippen molar-refractivity contribution in [2.75, 3.05) is 24.6 Å². The van der Waals surface area contributed by atoms with E-state index in [1.54, 1.807) is 4.52 Å². The number of hydrogen-bond acceptors (Lipinski definition) is 7. The first-order valence-electron chi connectivity index (χ1n) is 8.02. The lowest BCUT2D eigenvalue weighted by atomic mass is 10.2. The first kappa shape index (κ1) is 15.0. The van der Waals surface area contributed by atoms with Crippen molar-refractivity contribution in [3.63, 3.8) is 0 Å². The fraction of sp³-hybridized carbons (Fsp3) is 0.533. The van der Waals surface area contributed by atoms with Crippen LogP contribution < -0.4 is 4.90 Å². The fourth-order valence-corrected chi connectivity index (χ4v) is 3.10. The van der Waals surface area contributed by atoms with Gasteiger partial charge in [0, 0.05) is 24.8 Å². The second kappa shape index (κ2) is 5.82. The van der Waals surface area contributed by atoms with Gasteiger partial charge in [0.1, 0.15) is 23.8 Å². The zero-order chi connectivity index (χ0) is 16.7. The maximum atomic E-state index is 5.93. The van der Waals surface area contributed by atoms with E-state index in [2.05, 4.69) is 30.0 Å². The van der Waals surface area contributed by atoms with E-state index in [4.69, 9.17) is 4.74 Å². The Balaban J connectivity index is 1.58. The average molecular weight is 328 g/mol. The molecule has 1 saturated heterocycles. The molecule has 0 radical (unpaired) electrons. The summed E-state index contributed by atoms with van der Waals surface area (Å²) >= 11 is 0. The van der Waals surface area contributed by atoms with Crippen molar-refractivity contribution in [1.82, 2.24) is 34.3 Å². The largest absolute Gasteiger partial charge is 0.373 e. The number of morpholine rings is 1. The number of ether oxygens (including phenoxy) is 1. The van der Waals surface area contributed by atoms with E-state index in [-0.39, 0.29) is 6.10 Å². The Kier molecular flexibility index (Phi) is 3.64. The lowest BCUT2D eigenvalue weighted by Gasteiger charge is -2.34. The van der Waals surface area contributed by atoms with Crippen LogP contribution in [0.25, 0.3) is 5.78 Å². The summed E-state index contributed by atoms with van der Waals surface area (Å²) in [6.45, 7) is 8.76. The summed E-state index contributed by atoms with van der Waals surface area (Å²) in [4.78, 5) is 15.2. The summed E-state index contributed by atoms with van der Waals surface area (Å²) in [7, 11) is 0. The molecule has 3 aromatic rings. The lowest BCUT2D eigenvalue weighted by molar-refractivity contribution is 0.0265. The van der Waals surface area contributed by atoms with Crippen molar-refractivity contribution in [1.29, 1.82) is 0 Å². The first-order valence-corrected chi connectivity index (χ1v) is 8.02. The molecule has 0 N–H and O–H groups in total. The van der Waals surface area contributed by atoms with E-state index in [1.807, 2.05) is 31.5 Å². The predicted octanol–water partition coefficient (Wildman–Crippen LogP) is 0.546. The van der Waals surface area contributed by atoms with Gasteiger partial charge >= 0.3 is 0 Å². The van der Waals surface area contributed by atoms with Crippen molar-refractivity contribution in [2.45, 2.75) is 33.4 Å². The molecule has 0 aliphatic carbocycles. The van der Waals surface area contributed by atoms with Crippen LogP contribution in [0.1, 0.15) is 17.3 Å². The van der Waals surface area contributed by atoms with E-state index in [0.29, 0.717) is 18.9 Å². The Morgan fingerprint density at radius 3 is 2.92 bits per heavy atom. The quantitative estimate of drug-likeness (QED) is 0.694. The van der Waals surface area contributed by atoms with Gasteiger partial charge in [-0.15, -0.1) is 0 Å². The van der Waals surface area contributed by atoms with Crippen LogP contribution in [0.5, 0.6) is 0 Å². The van der Waals surface area contributed by atoms with Crippen molar-refractivity contribution < 1.29 is 4.74 Å². The molecule has 126 valence electrons. The van der Waals surface area contributed by atoms with Gasteiger partial charge in [-0.3, -0.25) is 0 Å². The third-order valence-corrected chi connectivity index (χ3v) is 4.16. The maximum absolute atomic E-state index is 5.93. The fourth-order valence-electron chi connectivity index (χ4n) is 3.10. The highest BCUT2D eigenvalue weighted by molar-refractivity contribution is 5.47. The van der Waals surface area contributed by atoms with Crippen LogP contribution in [-0.2, 0) is 11.3 Å². The van der Waals surface area contributed by atoms with Crippen LogP contribution in [-0.4, -0.2) is 60.1 Å². The van der Waals surface area contributed by atoms with Crippen LogP contribution in [0.2, 0.25) is 0 Å². The van der Waals surface area contributed by atoms with Crippen LogP contribution in [0.3, 0.4) is 0 Å². The minimum absolute atomic E-state index is 0.0468. The molecular formula is C15H20N8O. The molecule has 0 amide bonds. The third-order valence-electron chi connectivity index (χ3n) is 4.16. The molecule has 0 bridgehead atoms. The summed E-state index contributed by atoms with van der Waals surface area (Å²) in [6, 6.07) is 2.04. The highest BCUT2D eigenvalue weighted by Crippen LogP contribution is 2.19. The Bertz CT molecular complexity index is 870. The molecule has 9 heteroatoms. The Hall–Kier alpha value is -2.55. The maximum Gasteiger partial charge on any atom is 0.254 e. The van der Waals surface area contributed by atoms with Gasteiger partial charge in [-0.25, -0.2) is 14.6 Å². The summed E-state index contributed by atoms with van der Waals surface area (Å²) in [5.41, 5.74) is 0.927. The molecule has 9 nitrogen and oxygen atoms in total. The van der Waals surface area contributed by atoms with E-state index in [0.717, 1.165) is 36.3 Å². The van der Waals surface area contributed by atoms with Gasteiger partial charge in [-0.1, -0.05) is 0 Å². The standard InChI is InChI=1S/C15H20N8O/c1-10-6-14(23-15(18-10)16-9-17-23)21-4-5-24-13(7-21)8-22-12(3)19-11(2)20-22/h6,9,13H,4-5,7-8H2,1-3H3/t13-/m0/s1. The molecular weight excluding hydrogens is 308 g/mol. The number of hydrogen-bond donors (Lipinski definition) is 0. The Labute approximate surface area is 139 Å². The summed E-state index contributed by atoms with van der Waals surface area (Å²) in [5.74, 6) is 3.31. The zero-order valence-corrected chi connectivity index (χ0v) is 14.0. The molecule has 4 heterocycles. The number of aryl methyl sites for hydroxylation is 3. The predicted molar refractivity (Wildman–Crippen MR) is 87.0 cm³/mol. The molecule has 1 fully saturated rings. The minimum atomic E-state index is 0.0468. The monoisotopic (exact) mass is 328 g/mol. The Morgan fingerprint density at radius 1 is 1.25 bits per heavy atom. The van der Waals surface area contributed by atoms with Crippen molar-refractivity contribution in [3.05, 3.63) is 29.7 Å². The van der Waals surface area contributed by atoms with Gasteiger partial charge in [-0.05, 0) is 20.8 Å². The van der Waals surface area contributed by atoms with Gasteiger partial charge in [-0.2, -0.15) is 19.7 Å². The molecule has 1 aliphatic heterocycles. The van der Waals surface area contributed by atoms with Crippen LogP contribution in [0, 0.1) is 20.8 Å². The van der Waals surface area contributed by atoms with Gasteiger partial charge in [0.2, 0.25) is 0 Å². The van der Waals surface area contributed by atoms with Crippen molar-refractivity contribution in [2.24, 2.45) is 0 Å². The second-order valence-electron chi connectivity index (χ2n) is 6.05. The number of anilines is 1. The summed E-state index contributed by atoms with van der Waals surface area (Å²) in [5, 5.41) is 8.72. The number of rotatable bonds is 3. The smallest absolute Gasteiger partial charge is 0.254 e. The number of fused-ring (bicyclic) bond motifs is 1. The Morgan fingerprint density at radius 2 is 2.12 bits per heavy atom. The van der Waals surface area contributed by atoms with E-state index >= 15 is 0 Å². The van der Waals surface area contributed by atoms with E-state index in [9.17, 15) is 0 Å². The van der Waals surface area contributed by atoms with Gasteiger partial charge in [0.25, 0.3) is 5.78 Å². The minimum Gasteiger partial charge on any atom is -0.373 e. The number of aromatic nitrogens is 7. The molecule has 0 saturated carbocycles. The van der Waals surface area contributed by atoms with Crippen LogP contribution in [0.4, 0.5) is 5.82 Å². The first-order chi connectivity index (χ1) is 11.6. The molecule has 1 atom stereocenters. The molecule has 3 aromatic heterocycles. The average Bonchev–Trinajstić information content (AvgIpc) is 3.13. The van der Waals surface area contributed by atoms with Crippen molar-refractivity contribution >= 4 is 11.6 Å². The second-order valence-corrected chi connectivity index (χ2v) is 6.05. The molecule has 0 spiro atoms. The SMILES string of the molecule is Cc1cc(N2CCO[C@H](Cn3nc(C)nc3C)C2)n2ncnc2n1. The summed E-state index contributed by atoms with van der Waals surface area (Å²) < 4.78 is 9.62. The third kappa shape index (κ3) is 2.71. The molecule has 0 aromatic carbocycles. The van der Waals surface area contributed by atoms with Crippen LogP contribution >= 0.6 is 0 Å². The molecule has 4 rings (SSSR count). The normalized spacial score (nSPS) is 18.5. The lowest BCUT2D eigenvalue weighted by Crippen LogP contribution is -2.45. The molecule has 1 aliphatic rings. The summed E-state index contributed by atoms with van der Waals surface area (Å²) in [6.07, 6.45) is 1.58. The molecule has 0 unspecified atom stereocenters. The highest BCUT2D eigenvalue weighted by Gasteiger charge is 2.24. The highest BCUT2D eigenvalue weighted by atomic mass is 16.5. The number of nitrogens with zero attached hydrogens (tertiary/aromatic N) is 8. The zero-order valence-electron chi connectivity index (χ0n) is 14.0. The van der Waals surface area contributed by atoms with E-state index < -0.39 is 0 Å². The molecule has 24 heavy (non-hydrogen) atoms. The van der Waals surface area contributed by atoms with Gasteiger partial charge in [0.15, 0.2) is 0 Å². The topological polar surface area (TPSA) is 86.3 Å². The van der Waals surface area contributed by atoms with Gasteiger partial charge < -0.3 is 9.64 Å². The van der Waals surface area contributed by atoms with Crippen LogP contribution in [0.15, 0.2) is 12.4 Å². The van der Waals surface area contributed by atoms with Gasteiger partial charge in [0.05, 0.1) is 19.3 Å². The van der Waals surface area contributed by atoms with Crippen molar-refractivity contribution in [3.8, 4) is 0 Å².